The van der Waals surface area contributed by atoms with Crippen molar-refractivity contribution in [1.82, 2.24) is 15.5 Å². The Morgan fingerprint density at radius 2 is 2.12 bits per heavy atom. The average molecular weight is 366 g/mol. The molecule has 0 unspecified atom stereocenters. The number of urea groups is 1. The second-order valence-corrected chi connectivity index (χ2v) is 8.29. The van der Waals surface area contributed by atoms with E-state index in [0.717, 1.165) is 41.5 Å². The van der Waals surface area contributed by atoms with Crippen molar-refractivity contribution in [2.45, 2.75) is 43.5 Å². The van der Waals surface area contributed by atoms with Gasteiger partial charge >= 0.3 is 6.03 Å². The van der Waals surface area contributed by atoms with Crippen LogP contribution in [0.3, 0.4) is 0 Å². The van der Waals surface area contributed by atoms with Gasteiger partial charge in [0.05, 0.1) is 6.04 Å². The number of hydrogen-bond acceptors (Lipinski definition) is 3. The number of nitrogens with one attached hydrogen (secondary N) is 2. The molecule has 25 heavy (non-hydrogen) atoms. The van der Waals surface area contributed by atoms with Crippen molar-refractivity contribution in [1.29, 1.82) is 0 Å². The largest absolute Gasteiger partial charge is 0.338 e. The Balaban J connectivity index is 1.39. The Hall–Kier alpha value is -1.27. The summed E-state index contributed by atoms with van der Waals surface area (Å²) in [5.74, 6) is 1.54. The van der Waals surface area contributed by atoms with Gasteiger partial charge in [-0.15, -0.1) is 11.8 Å². The van der Waals surface area contributed by atoms with Crippen LogP contribution in [0.5, 0.6) is 0 Å². The van der Waals surface area contributed by atoms with Crippen LogP contribution in [0.1, 0.15) is 44.2 Å². The number of piperidine rings is 1. The molecule has 1 aromatic carbocycles. The molecule has 1 saturated heterocycles. The minimum absolute atomic E-state index is 0.101. The quantitative estimate of drug-likeness (QED) is 0.781. The predicted molar refractivity (Wildman–Crippen MR) is 100 cm³/mol. The fourth-order valence-corrected chi connectivity index (χ4v) is 4.62. The molecule has 2 amide bonds. The lowest BCUT2D eigenvalue weighted by Crippen LogP contribution is -2.40. The van der Waals surface area contributed by atoms with E-state index < -0.39 is 0 Å². The predicted octanol–water partition coefficient (Wildman–Crippen LogP) is 3.78. The number of hydrogen-bond donors (Lipinski definition) is 2. The molecule has 0 radical (unpaired) electrons. The standard InChI is InChI=1S/C19H28FN3OS/c1-14-5-10-23(11-6-14)9-2-8-21-19(24)22-17-7-12-25-18-4-3-15(20)13-16(17)18/h3-4,13-14,17H,2,5-12H2,1H3,(H2,21,22,24)/t17-/m1/s1. The molecule has 0 saturated carbocycles. The van der Waals surface area contributed by atoms with Gasteiger partial charge in [0.25, 0.3) is 0 Å². The number of thioether (sulfide) groups is 1. The Kier molecular flexibility index (Phi) is 6.59. The molecule has 1 atom stereocenters. The fourth-order valence-electron chi connectivity index (χ4n) is 3.51. The van der Waals surface area contributed by atoms with E-state index in [9.17, 15) is 9.18 Å². The molecule has 1 aromatic rings. The summed E-state index contributed by atoms with van der Waals surface area (Å²) in [5, 5.41) is 5.95. The van der Waals surface area contributed by atoms with Gasteiger partial charge in [-0.25, -0.2) is 9.18 Å². The number of amides is 2. The zero-order valence-electron chi connectivity index (χ0n) is 14.9. The normalized spacial score (nSPS) is 21.6. The van der Waals surface area contributed by atoms with Gasteiger partial charge in [0.15, 0.2) is 0 Å². The second-order valence-electron chi connectivity index (χ2n) is 7.15. The van der Waals surface area contributed by atoms with Gasteiger partial charge in [-0.1, -0.05) is 6.92 Å². The molecule has 4 nitrogen and oxygen atoms in total. The van der Waals surface area contributed by atoms with Crippen LogP contribution in [0.25, 0.3) is 0 Å². The summed E-state index contributed by atoms with van der Waals surface area (Å²) in [7, 11) is 0. The Morgan fingerprint density at radius 1 is 1.32 bits per heavy atom. The number of nitrogens with zero attached hydrogens (tertiary/aromatic N) is 1. The number of rotatable bonds is 5. The van der Waals surface area contributed by atoms with Crippen LogP contribution in [-0.4, -0.2) is 42.9 Å². The second kappa shape index (κ2) is 8.90. The van der Waals surface area contributed by atoms with Crippen molar-refractivity contribution < 1.29 is 9.18 Å². The van der Waals surface area contributed by atoms with Crippen LogP contribution in [0.2, 0.25) is 0 Å². The molecule has 0 aromatic heterocycles. The van der Waals surface area contributed by atoms with Crippen LogP contribution >= 0.6 is 11.8 Å². The first-order valence-electron chi connectivity index (χ1n) is 9.31. The number of carbonyl (C=O) groups excluding carboxylic acids is 1. The monoisotopic (exact) mass is 365 g/mol. The Bertz CT molecular complexity index is 590. The van der Waals surface area contributed by atoms with Crippen molar-refractivity contribution in [2.75, 3.05) is 31.9 Å². The van der Waals surface area contributed by atoms with E-state index in [1.54, 1.807) is 23.9 Å². The molecule has 0 aliphatic carbocycles. The third kappa shape index (κ3) is 5.35. The van der Waals surface area contributed by atoms with E-state index in [4.69, 9.17) is 0 Å². The van der Waals surface area contributed by atoms with Crippen LogP contribution in [0.4, 0.5) is 9.18 Å². The Labute approximate surface area is 153 Å². The lowest BCUT2D eigenvalue weighted by atomic mass is 9.99. The van der Waals surface area contributed by atoms with E-state index in [1.165, 1.54) is 32.0 Å². The molecule has 2 N–H and O–H groups in total. The van der Waals surface area contributed by atoms with Gasteiger partial charge < -0.3 is 15.5 Å². The van der Waals surface area contributed by atoms with Crippen molar-refractivity contribution in [3.05, 3.63) is 29.6 Å². The molecular weight excluding hydrogens is 337 g/mol. The van der Waals surface area contributed by atoms with Gasteiger partial charge in [-0.05, 0) is 75.0 Å². The highest BCUT2D eigenvalue weighted by molar-refractivity contribution is 7.99. The molecule has 2 heterocycles. The lowest BCUT2D eigenvalue weighted by molar-refractivity contribution is 0.190. The van der Waals surface area contributed by atoms with Crippen LogP contribution < -0.4 is 10.6 Å². The maximum atomic E-state index is 13.5. The van der Waals surface area contributed by atoms with E-state index in [2.05, 4.69) is 22.5 Å². The summed E-state index contributed by atoms with van der Waals surface area (Å²) >= 11 is 1.72. The zero-order valence-corrected chi connectivity index (χ0v) is 15.7. The first-order valence-corrected chi connectivity index (χ1v) is 10.3. The van der Waals surface area contributed by atoms with Crippen LogP contribution in [-0.2, 0) is 0 Å². The van der Waals surface area contributed by atoms with Gasteiger partial charge in [0.1, 0.15) is 5.82 Å². The summed E-state index contributed by atoms with van der Waals surface area (Å²) in [6.45, 7) is 6.39. The molecule has 1 fully saturated rings. The number of fused-ring (bicyclic) bond motifs is 1. The van der Waals surface area contributed by atoms with Gasteiger partial charge in [0, 0.05) is 17.2 Å². The van der Waals surface area contributed by atoms with E-state index in [-0.39, 0.29) is 17.9 Å². The zero-order chi connectivity index (χ0) is 17.6. The molecule has 2 aliphatic heterocycles. The SMILES string of the molecule is CC1CCN(CCCNC(=O)N[C@@H]2CCSc3ccc(F)cc32)CC1. The van der Waals surface area contributed by atoms with Gasteiger partial charge in [0.2, 0.25) is 0 Å². The number of carbonyl (C=O) groups is 1. The van der Waals surface area contributed by atoms with Crippen LogP contribution in [0, 0.1) is 11.7 Å². The van der Waals surface area contributed by atoms with E-state index >= 15 is 0 Å². The highest BCUT2D eigenvalue weighted by Gasteiger charge is 2.22. The maximum Gasteiger partial charge on any atom is 0.315 e. The number of halogens is 1. The Morgan fingerprint density at radius 3 is 2.92 bits per heavy atom. The van der Waals surface area contributed by atoms with E-state index in [0.29, 0.717) is 6.54 Å². The summed E-state index contributed by atoms with van der Waals surface area (Å²) in [6.07, 6.45) is 4.36. The third-order valence-corrected chi connectivity index (χ3v) is 6.25. The minimum Gasteiger partial charge on any atom is -0.338 e. The first kappa shape index (κ1) is 18.5. The van der Waals surface area contributed by atoms with Gasteiger partial charge in [-0.2, -0.15) is 0 Å². The molecule has 0 bridgehead atoms. The highest BCUT2D eigenvalue weighted by atomic mass is 32.2. The molecule has 2 aliphatic rings. The number of likely N-dealkylation sites (tertiary alicyclic amines) is 1. The molecule has 6 heteroatoms. The summed E-state index contributed by atoms with van der Waals surface area (Å²) in [4.78, 5) is 15.7. The summed E-state index contributed by atoms with van der Waals surface area (Å²) < 4.78 is 13.5. The van der Waals surface area contributed by atoms with Crippen molar-refractivity contribution in [3.63, 3.8) is 0 Å². The first-order chi connectivity index (χ1) is 12.1. The molecule has 3 rings (SSSR count). The number of benzene rings is 1. The fraction of sp³-hybridized carbons (Fsp3) is 0.632. The smallest absolute Gasteiger partial charge is 0.315 e. The average Bonchev–Trinajstić information content (AvgIpc) is 2.61. The minimum atomic E-state index is -0.246. The van der Waals surface area contributed by atoms with E-state index in [1.807, 2.05) is 0 Å². The highest BCUT2D eigenvalue weighted by Crippen LogP contribution is 2.36. The molecule has 0 spiro atoms. The molecule has 138 valence electrons. The van der Waals surface area contributed by atoms with Crippen molar-refractivity contribution >= 4 is 17.8 Å². The van der Waals surface area contributed by atoms with Crippen molar-refractivity contribution in [3.8, 4) is 0 Å². The summed E-state index contributed by atoms with van der Waals surface area (Å²) in [6, 6.07) is 4.58. The topological polar surface area (TPSA) is 44.4 Å². The maximum absolute atomic E-state index is 13.5. The summed E-state index contributed by atoms with van der Waals surface area (Å²) in [5.41, 5.74) is 0.897. The lowest BCUT2D eigenvalue weighted by Gasteiger charge is -2.30. The van der Waals surface area contributed by atoms with Crippen LogP contribution in [0.15, 0.2) is 23.1 Å². The van der Waals surface area contributed by atoms with Gasteiger partial charge in [-0.3, -0.25) is 0 Å². The molecular formula is C19H28FN3OS. The third-order valence-electron chi connectivity index (χ3n) is 5.13. The van der Waals surface area contributed by atoms with Crippen molar-refractivity contribution in [2.24, 2.45) is 5.92 Å².